The topological polar surface area (TPSA) is 70.2 Å². The van der Waals surface area contributed by atoms with Crippen molar-refractivity contribution in [2.24, 2.45) is 0 Å². The van der Waals surface area contributed by atoms with Gasteiger partial charge >= 0.3 is 6.09 Å². The minimum absolute atomic E-state index is 0.0412. The van der Waals surface area contributed by atoms with Crippen LogP contribution < -0.4 is 4.90 Å². The van der Waals surface area contributed by atoms with E-state index in [9.17, 15) is 14.4 Å². The van der Waals surface area contributed by atoms with Crippen LogP contribution in [-0.2, 0) is 16.0 Å². The summed E-state index contributed by atoms with van der Waals surface area (Å²) in [7, 11) is 1.74. The lowest BCUT2D eigenvalue weighted by atomic mass is 10.1. The van der Waals surface area contributed by atoms with Crippen LogP contribution in [0.3, 0.4) is 0 Å². The molecule has 7 nitrogen and oxygen atoms in total. The Kier molecular flexibility index (Phi) is 4.92. The highest BCUT2D eigenvalue weighted by atomic mass is 16.6. The van der Waals surface area contributed by atoms with E-state index in [1.54, 1.807) is 34.7 Å². The van der Waals surface area contributed by atoms with Crippen molar-refractivity contribution < 1.29 is 19.1 Å². The molecule has 7 heteroatoms. The summed E-state index contributed by atoms with van der Waals surface area (Å²) >= 11 is 0. The molecule has 0 aromatic heterocycles. The van der Waals surface area contributed by atoms with Crippen LogP contribution in [0.4, 0.5) is 10.5 Å². The predicted octanol–water partition coefficient (Wildman–Crippen LogP) is 1.51. The molecule has 25 heavy (non-hydrogen) atoms. The monoisotopic (exact) mass is 345 g/mol. The SMILES string of the molecule is CCOC(=O)N1CCCN(C(=O)c2ccc3c(c2)CC(=O)N3C)CC1. The Hall–Kier alpha value is -2.57. The zero-order valence-corrected chi connectivity index (χ0v) is 14.7. The number of benzene rings is 1. The van der Waals surface area contributed by atoms with Crippen molar-refractivity contribution in [3.8, 4) is 0 Å². The number of hydrogen-bond acceptors (Lipinski definition) is 4. The lowest BCUT2D eigenvalue weighted by Crippen LogP contribution is -2.37. The van der Waals surface area contributed by atoms with Gasteiger partial charge in [0.2, 0.25) is 5.91 Å². The van der Waals surface area contributed by atoms with E-state index in [1.165, 1.54) is 0 Å². The molecule has 0 bridgehead atoms. The third-order valence-electron chi connectivity index (χ3n) is 4.71. The molecule has 2 aliphatic rings. The van der Waals surface area contributed by atoms with Gasteiger partial charge in [0.25, 0.3) is 5.91 Å². The van der Waals surface area contributed by atoms with Crippen LogP contribution in [0.1, 0.15) is 29.3 Å². The standard InChI is InChI=1S/C18H23N3O4/c1-3-25-18(24)21-8-4-7-20(9-10-21)17(23)13-5-6-15-14(11-13)12-16(22)19(15)2/h5-6,11H,3-4,7-10,12H2,1-2H3. The van der Waals surface area contributed by atoms with Crippen LogP contribution in [0.15, 0.2) is 18.2 Å². The molecule has 2 heterocycles. The van der Waals surface area contributed by atoms with Crippen molar-refractivity contribution >= 4 is 23.6 Å². The molecule has 0 atom stereocenters. The maximum Gasteiger partial charge on any atom is 0.409 e. The van der Waals surface area contributed by atoms with E-state index in [0.29, 0.717) is 44.8 Å². The van der Waals surface area contributed by atoms with Crippen LogP contribution in [0.5, 0.6) is 0 Å². The molecule has 0 aliphatic carbocycles. The molecule has 3 amide bonds. The van der Waals surface area contributed by atoms with Crippen molar-refractivity contribution in [3.05, 3.63) is 29.3 Å². The Morgan fingerprint density at radius 3 is 2.60 bits per heavy atom. The Bertz CT molecular complexity index is 704. The molecule has 134 valence electrons. The van der Waals surface area contributed by atoms with Crippen molar-refractivity contribution in [2.45, 2.75) is 19.8 Å². The largest absolute Gasteiger partial charge is 0.450 e. The van der Waals surface area contributed by atoms with Crippen molar-refractivity contribution in [1.82, 2.24) is 9.80 Å². The molecule has 2 aliphatic heterocycles. The second kappa shape index (κ2) is 7.13. The lowest BCUT2D eigenvalue weighted by molar-refractivity contribution is -0.117. The molecule has 0 spiro atoms. The van der Waals surface area contributed by atoms with Crippen molar-refractivity contribution in [1.29, 1.82) is 0 Å². The predicted molar refractivity (Wildman–Crippen MR) is 92.7 cm³/mol. The number of carbonyl (C=O) groups is 3. The minimum Gasteiger partial charge on any atom is -0.450 e. The highest BCUT2D eigenvalue weighted by molar-refractivity contribution is 6.03. The number of nitrogens with zero attached hydrogens (tertiary/aromatic N) is 3. The fraction of sp³-hybridized carbons (Fsp3) is 0.500. The van der Waals surface area contributed by atoms with Gasteiger partial charge in [0.05, 0.1) is 13.0 Å². The van der Waals surface area contributed by atoms with E-state index in [2.05, 4.69) is 0 Å². The van der Waals surface area contributed by atoms with Gasteiger partial charge in [-0.2, -0.15) is 0 Å². The first kappa shape index (κ1) is 17.3. The Morgan fingerprint density at radius 2 is 1.84 bits per heavy atom. The molecule has 1 saturated heterocycles. The summed E-state index contributed by atoms with van der Waals surface area (Å²) in [5.41, 5.74) is 2.35. The van der Waals surface area contributed by atoms with E-state index >= 15 is 0 Å². The molecule has 1 fully saturated rings. The molecule has 0 saturated carbocycles. The molecule has 3 rings (SSSR count). The Balaban J connectivity index is 1.69. The van der Waals surface area contributed by atoms with E-state index < -0.39 is 0 Å². The summed E-state index contributed by atoms with van der Waals surface area (Å²) in [4.78, 5) is 41.5. The summed E-state index contributed by atoms with van der Waals surface area (Å²) in [6.45, 7) is 4.27. The van der Waals surface area contributed by atoms with Gasteiger partial charge in [-0.3, -0.25) is 9.59 Å². The second-order valence-corrected chi connectivity index (χ2v) is 6.30. The summed E-state index contributed by atoms with van der Waals surface area (Å²) in [6.07, 6.45) is 0.733. The van der Waals surface area contributed by atoms with Gasteiger partial charge in [-0.15, -0.1) is 0 Å². The van der Waals surface area contributed by atoms with Gasteiger partial charge in [-0.25, -0.2) is 4.79 Å². The van der Waals surface area contributed by atoms with E-state index in [4.69, 9.17) is 4.74 Å². The average Bonchev–Trinajstić information content (AvgIpc) is 2.79. The molecular weight excluding hydrogens is 322 g/mol. The Labute approximate surface area is 147 Å². The molecule has 0 unspecified atom stereocenters. The van der Waals surface area contributed by atoms with Gasteiger partial charge in [0.15, 0.2) is 0 Å². The fourth-order valence-corrected chi connectivity index (χ4v) is 3.30. The summed E-state index contributed by atoms with van der Waals surface area (Å²) in [5.74, 6) is -0.0186. The maximum absolute atomic E-state index is 12.8. The fourth-order valence-electron chi connectivity index (χ4n) is 3.30. The minimum atomic E-state index is -0.323. The van der Waals surface area contributed by atoms with Crippen LogP contribution in [0.2, 0.25) is 0 Å². The van der Waals surface area contributed by atoms with Crippen LogP contribution >= 0.6 is 0 Å². The maximum atomic E-state index is 12.8. The van der Waals surface area contributed by atoms with Crippen molar-refractivity contribution in [2.75, 3.05) is 44.7 Å². The molecule has 1 aromatic rings. The molecular formula is C18H23N3O4. The van der Waals surface area contributed by atoms with E-state index in [1.807, 2.05) is 12.1 Å². The zero-order chi connectivity index (χ0) is 18.0. The number of ether oxygens (including phenoxy) is 1. The molecule has 1 aromatic carbocycles. The Morgan fingerprint density at radius 1 is 1.12 bits per heavy atom. The average molecular weight is 345 g/mol. The summed E-state index contributed by atoms with van der Waals surface area (Å²) in [5, 5.41) is 0. The smallest absolute Gasteiger partial charge is 0.409 e. The van der Waals surface area contributed by atoms with E-state index in [-0.39, 0.29) is 17.9 Å². The highest BCUT2D eigenvalue weighted by Crippen LogP contribution is 2.28. The molecule has 0 N–H and O–H groups in total. The third kappa shape index (κ3) is 3.45. The number of rotatable bonds is 2. The normalized spacial score (nSPS) is 17.4. The number of amides is 3. The first-order chi connectivity index (χ1) is 12.0. The first-order valence-corrected chi connectivity index (χ1v) is 8.61. The summed E-state index contributed by atoms with van der Waals surface area (Å²) < 4.78 is 5.03. The van der Waals surface area contributed by atoms with Gasteiger partial charge in [-0.1, -0.05) is 0 Å². The van der Waals surface area contributed by atoms with Crippen molar-refractivity contribution in [3.63, 3.8) is 0 Å². The lowest BCUT2D eigenvalue weighted by Gasteiger charge is -2.22. The number of likely N-dealkylation sites (N-methyl/N-ethyl adjacent to an activating group) is 1. The van der Waals surface area contributed by atoms with Crippen LogP contribution in [0, 0.1) is 0 Å². The van der Waals surface area contributed by atoms with Gasteiger partial charge < -0.3 is 19.4 Å². The number of hydrogen-bond donors (Lipinski definition) is 0. The summed E-state index contributed by atoms with van der Waals surface area (Å²) in [6, 6.07) is 5.41. The third-order valence-corrected chi connectivity index (χ3v) is 4.71. The number of anilines is 1. The quantitative estimate of drug-likeness (QED) is 0.815. The second-order valence-electron chi connectivity index (χ2n) is 6.30. The van der Waals surface area contributed by atoms with Gasteiger partial charge in [0, 0.05) is 44.5 Å². The number of fused-ring (bicyclic) bond motifs is 1. The first-order valence-electron chi connectivity index (χ1n) is 8.61. The van der Waals surface area contributed by atoms with Crippen LogP contribution in [-0.4, -0.2) is 67.5 Å². The number of carbonyl (C=O) groups excluding carboxylic acids is 3. The van der Waals surface area contributed by atoms with E-state index in [0.717, 1.165) is 17.7 Å². The van der Waals surface area contributed by atoms with Crippen LogP contribution in [0.25, 0.3) is 0 Å². The highest BCUT2D eigenvalue weighted by Gasteiger charge is 2.27. The molecule has 0 radical (unpaired) electrons. The van der Waals surface area contributed by atoms with Gasteiger partial charge in [-0.05, 0) is 37.1 Å². The zero-order valence-electron chi connectivity index (χ0n) is 14.7. The van der Waals surface area contributed by atoms with Gasteiger partial charge in [0.1, 0.15) is 0 Å².